The number of nitrogens with two attached hydrogens (primary N) is 2. The monoisotopic (exact) mass is 167 g/mol. The molecule has 0 aromatic carbocycles. The summed E-state index contributed by atoms with van der Waals surface area (Å²) in [6.45, 7) is 3.72. The molecule has 1 atom stereocenters. The molecule has 0 rings (SSSR count). The maximum atomic E-state index is 10.6. The van der Waals surface area contributed by atoms with Crippen LogP contribution in [0.15, 0.2) is 0 Å². The Morgan fingerprint density at radius 2 is 1.90 bits per heavy atom. The van der Waals surface area contributed by atoms with Crippen molar-refractivity contribution >= 4 is 18.3 Å². The fourth-order valence-corrected chi connectivity index (χ4v) is 0.399. The summed E-state index contributed by atoms with van der Waals surface area (Å²) in [4.78, 5) is 10.6. The lowest BCUT2D eigenvalue weighted by Crippen LogP contribution is -2.46. The van der Waals surface area contributed by atoms with Gasteiger partial charge in [0.1, 0.15) is 0 Å². The number of carbonyl (C=O) groups excluding carboxylic acids is 1. The van der Waals surface area contributed by atoms with Crippen molar-refractivity contribution in [3.8, 4) is 0 Å². The van der Waals surface area contributed by atoms with Gasteiger partial charge in [-0.15, -0.1) is 12.4 Å². The van der Waals surface area contributed by atoms with Gasteiger partial charge < -0.3 is 5.73 Å². The van der Waals surface area contributed by atoms with Crippen LogP contribution in [-0.2, 0) is 4.79 Å². The number of rotatable bonds is 2. The van der Waals surface area contributed by atoms with Gasteiger partial charge in [-0.1, -0.05) is 13.8 Å². The molecule has 4 nitrogen and oxygen atoms in total. The number of halogens is 1. The lowest BCUT2D eigenvalue weighted by molar-refractivity contribution is -0.123. The van der Waals surface area contributed by atoms with Gasteiger partial charge in [-0.05, 0) is 5.92 Å². The predicted octanol–water partition coefficient (Wildman–Crippen LogP) is -0.619. The molecule has 0 aromatic heterocycles. The molecule has 5 heteroatoms. The van der Waals surface area contributed by atoms with Crippen molar-refractivity contribution < 1.29 is 4.79 Å². The van der Waals surface area contributed by atoms with E-state index >= 15 is 0 Å². The molecule has 0 aliphatic heterocycles. The van der Waals surface area contributed by atoms with E-state index < -0.39 is 6.04 Å². The molecule has 0 heterocycles. The molecule has 0 saturated carbocycles. The van der Waals surface area contributed by atoms with Gasteiger partial charge in [-0.2, -0.15) is 0 Å². The average Bonchev–Trinajstić information content (AvgIpc) is 1.84. The minimum Gasteiger partial charge on any atom is -0.320 e. The van der Waals surface area contributed by atoms with Gasteiger partial charge in [0.05, 0.1) is 6.04 Å². The van der Waals surface area contributed by atoms with Crippen LogP contribution in [0.1, 0.15) is 13.8 Å². The van der Waals surface area contributed by atoms with Gasteiger partial charge in [0.15, 0.2) is 0 Å². The molecular weight excluding hydrogens is 154 g/mol. The summed E-state index contributed by atoms with van der Waals surface area (Å²) >= 11 is 0. The molecule has 1 unspecified atom stereocenters. The van der Waals surface area contributed by atoms with Crippen molar-refractivity contribution in [3.05, 3.63) is 0 Å². The van der Waals surface area contributed by atoms with Gasteiger partial charge in [-0.3, -0.25) is 10.2 Å². The minimum atomic E-state index is -0.491. The largest absolute Gasteiger partial charge is 0.320 e. The Hall–Kier alpha value is -0.320. The Morgan fingerprint density at radius 1 is 1.50 bits per heavy atom. The van der Waals surface area contributed by atoms with E-state index in [1.165, 1.54) is 0 Å². The first-order valence-electron chi connectivity index (χ1n) is 2.85. The maximum Gasteiger partial charge on any atom is 0.251 e. The number of hydrogen-bond acceptors (Lipinski definition) is 3. The van der Waals surface area contributed by atoms with E-state index in [9.17, 15) is 4.79 Å². The normalized spacial score (nSPS) is 12.1. The highest BCUT2D eigenvalue weighted by Gasteiger charge is 2.14. The van der Waals surface area contributed by atoms with Crippen molar-refractivity contribution in [2.24, 2.45) is 17.5 Å². The highest BCUT2D eigenvalue weighted by atomic mass is 35.5. The number of hydrazine groups is 1. The fourth-order valence-electron chi connectivity index (χ4n) is 0.399. The van der Waals surface area contributed by atoms with Crippen LogP contribution in [0.3, 0.4) is 0 Å². The first-order chi connectivity index (χ1) is 4.09. The second kappa shape index (κ2) is 5.46. The van der Waals surface area contributed by atoms with E-state index in [0.717, 1.165) is 0 Å². The Morgan fingerprint density at radius 3 is 2.00 bits per heavy atom. The second-order valence-electron chi connectivity index (χ2n) is 2.28. The lowest BCUT2D eigenvalue weighted by atomic mass is 10.1. The van der Waals surface area contributed by atoms with Gasteiger partial charge in [-0.25, -0.2) is 5.84 Å². The van der Waals surface area contributed by atoms with Crippen LogP contribution >= 0.6 is 12.4 Å². The van der Waals surface area contributed by atoms with E-state index in [-0.39, 0.29) is 24.2 Å². The van der Waals surface area contributed by atoms with Gasteiger partial charge in [0.2, 0.25) is 0 Å². The van der Waals surface area contributed by atoms with E-state index in [1.807, 2.05) is 19.3 Å². The number of nitrogens with one attached hydrogen (secondary N) is 1. The zero-order valence-corrected chi connectivity index (χ0v) is 6.94. The Balaban J connectivity index is 0. The van der Waals surface area contributed by atoms with Crippen molar-refractivity contribution in [3.63, 3.8) is 0 Å². The SMILES string of the molecule is CC(C)C(N)C(=O)NN.Cl. The topological polar surface area (TPSA) is 81.1 Å². The third-order valence-electron chi connectivity index (χ3n) is 1.16. The number of carbonyl (C=O) groups is 1. The molecule has 1 amide bonds. The summed E-state index contributed by atoms with van der Waals surface area (Å²) < 4.78 is 0. The molecule has 0 radical (unpaired) electrons. The summed E-state index contributed by atoms with van der Waals surface area (Å²) in [5, 5.41) is 0. The Bertz CT molecular complexity index is 107. The molecule has 0 aliphatic carbocycles. The predicted molar refractivity (Wildman–Crippen MR) is 42.4 cm³/mol. The third-order valence-corrected chi connectivity index (χ3v) is 1.16. The number of amides is 1. The van der Waals surface area contributed by atoms with Crippen molar-refractivity contribution in [2.75, 3.05) is 0 Å². The van der Waals surface area contributed by atoms with Crippen LogP contribution in [0, 0.1) is 5.92 Å². The van der Waals surface area contributed by atoms with E-state index in [0.29, 0.717) is 0 Å². The molecule has 0 aliphatic rings. The summed E-state index contributed by atoms with van der Waals surface area (Å²) in [6.07, 6.45) is 0. The van der Waals surface area contributed by atoms with Crippen LogP contribution in [0.4, 0.5) is 0 Å². The third kappa shape index (κ3) is 3.66. The van der Waals surface area contributed by atoms with E-state index in [2.05, 4.69) is 0 Å². The molecule has 5 N–H and O–H groups in total. The second-order valence-corrected chi connectivity index (χ2v) is 2.28. The molecule has 62 valence electrons. The number of hydrogen-bond donors (Lipinski definition) is 3. The fraction of sp³-hybridized carbons (Fsp3) is 0.800. The van der Waals surface area contributed by atoms with Crippen molar-refractivity contribution in [2.45, 2.75) is 19.9 Å². The van der Waals surface area contributed by atoms with Gasteiger partial charge in [0, 0.05) is 0 Å². The molecular formula is C5H14ClN3O. The summed E-state index contributed by atoms with van der Waals surface area (Å²) in [5.41, 5.74) is 7.36. The quantitative estimate of drug-likeness (QED) is 0.291. The van der Waals surface area contributed by atoms with Crippen LogP contribution in [0.25, 0.3) is 0 Å². The molecule has 0 spiro atoms. The molecule has 0 bridgehead atoms. The molecule has 0 aromatic rings. The zero-order chi connectivity index (χ0) is 7.44. The first kappa shape index (κ1) is 12.4. The van der Waals surface area contributed by atoms with Crippen LogP contribution < -0.4 is 17.0 Å². The molecule has 10 heavy (non-hydrogen) atoms. The van der Waals surface area contributed by atoms with Crippen molar-refractivity contribution in [1.82, 2.24) is 5.43 Å². The van der Waals surface area contributed by atoms with Gasteiger partial charge in [0.25, 0.3) is 5.91 Å². The van der Waals surface area contributed by atoms with E-state index in [4.69, 9.17) is 11.6 Å². The Labute approximate surface area is 66.7 Å². The van der Waals surface area contributed by atoms with Crippen molar-refractivity contribution in [1.29, 1.82) is 0 Å². The van der Waals surface area contributed by atoms with Crippen LogP contribution in [-0.4, -0.2) is 11.9 Å². The molecule has 0 fully saturated rings. The molecule has 0 saturated heterocycles. The van der Waals surface area contributed by atoms with Crippen LogP contribution in [0.5, 0.6) is 0 Å². The summed E-state index contributed by atoms with van der Waals surface area (Å²) in [5.74, 6) is 4.65. The Kier molecular flexibility index (Phi) is 6.76. The first-order valence-corrected chi connectivity index (χ1v) is 2.85. The zero-order valence-electron chi connectivity index (χ0n) is 6.13. The average molecular weight is 168 g/mol. The summed E-state index contributed by atoms with van der Waals surface area (Å²) in [6, 6.07) is -0.491. The van der Waals surface area contributed by atoms with Gasteiger partial charge >= 0.3 is 0 Å². The highest BCUT2D eigenvalue weighted by Crippen LogP contribution is 1.96. The summed E-state index contributed by atoms with van der Waals surface area (Å²) in [7, 11) is 0. The standard InChI is InChI=1S/C5H13N3O.ClH/c1-3(2)4(6)5(9)8-7;/h3-4H,6-7H2,1-2H3,(H,8,9);1H. The smallest absolute Gasteiger partial charge is 0.251 e. The maximum absolute atomic E-state index is 10.6. The highest BCUT2D eigenvalue weighted by molar-refractivity contribution is 5.85. The lowest BCUT2D eigenvalue weighted by Gasteiger charge is -2.12. The van der Waals surface area contributed by atoms with E-state index in [1.54, 1.807) is 0 Å². The minimum absolute atomic E-state index is 0. The van der Waals surface area contributed by atoms with Crippen LogP contribution in [0.2, 0.25) is 0 Å².